The lowest BCUT2D eigenvalue weighted by molar-refractivity contribution is -0.274. The summed E-state index contributed by atoms with van der Waals surface area (Å²) in [4.78, 5) is 69.0. The summed E-state index contributed by atoms with van der Waals surface area (Å²) in [5.41, 5.74) is -2.24. The van der Waals surface area contributed by atoms with Crippen LogP contribution in [0.4, 0.5) is 18.0 Å². The maximum atomic E-state index is 13.4. The first-order valence-electron chi connectivity index (χ1n) is 14.1. The van der Waals surface area contributed by atoms with E-state index in [4.69, 9.17) is 9.47 Å². The van der Waals surface area contributed by atoms with Gasteiger partial charge < -0.3 is 39.5 Å². The third-order valence-electron chi connectivity index (χ3n) is 7.43. The molecule has 2 heterocycles. The molecule has 1 atom stereocenters. The number of hydrogen-bond donors (Lipinski definition) is 3. The smallest absolute Gasteiger partial charge is 0.481 e. The second kappa shape index (κ2) is 13.4. The van der Waals surface area contributed by atoms with Crippen molar-refractivity contribution < 1.29 is 61.6 Å². The lowest BCUT2D eigenvalue weighted by Crippen LogP contribution is -2.56. The van der Waals surface area contributed by atoms with Crippen molar-refractivity contribution in [2.45, 2.75) is 57.0 Å². The second-order valence-electron chi connectivity index (χ2n) is 10.5. The number of benzene rings is 1. The summed E-state index contributed by atoms with van der Waals surface area (Å²) in [6.45, 7) is 2.28. The number of carbonyl (C=O) groups is 5. The highest BCUT2D eigenvalue weighted by Crippen LogP contribution is 2.40. The highest BCUT2D eigenvalue weighted by molar-refractivity contribution is 6.00. The molecule has 0 radical (unpaired) electrons. The van der Waals surface area contributed by atoms with Gasteiger partial charge in [0.15, 0.2) is 0 Å². The third kappa shape index (κ3) is 8.02. The number of carbonyl (C=O) groups excluding carboxylic acids is 3. The van der Waals surface area contributed by atoms with Crippen molar-refractivity contribution >= 4 is 40.7 Å². The Morgan fingerprint density at radius 3 is 2.27 bits per heavy atom. The van der Waals surface area contributed by atoms with Gasteiger partial charge in [0.05, 0.1) is 12.1 Å². The van der Waals surface area contributed by atoms with E-state index >= 15 is 0 Å². The molecule has 244 valence electrons. The summed E-state index contributed by atoms with van der Waals surface area (Å²) in [6.07, 6.45) is -5.51. The average molecular weight is 641 g/mol. The van der Waals surface area contributed by atoms with Gasteiger partial charge >= 0.3 is 24.4 Å². The molecule has 1 aliphatic carbocycles. The van der Waals surface area contributed by atoms with E-state index in [9.17, 15) is 47.4 Å². The van der Waals surface area contributed by atoms with E-state index in [0.717, 1.165) is 18.2 Å². The topological polar surface area (TPSA) is 185 Å². The fraction of sp³-hybridized carbons (Fsp3) is 0.500. The van der Waals surface area contributed by atoms with Crippen molar-refractivity contribution in [1.82, 2.24) is 20.1 Å². The van der Waals surface area contributed by atoms with Crippen LogP contribution in [-0.4, -0.2) is 106 Å². The number of amides is 3. The van der Waals surface area contributed by atoms with Crippen molar-refractivity contribution in [2.75, 3.05) is 32.8 Å². The molecule has 2 aromatic rings. The molecule has 1 aliphatic heterocycles. The molecular formula is C28H31F3N4O10. The summed E-state index contributed by atoms with van der Waals surface area (Å²) in [5.74, 6) is -4.90. The van der Waals surface area contributed by atoms with E-state index in [0.29, 0.717) is 6.42 Å². The first-order valence-corrected chi connectivity index (χ1v) is 14.1. The molecule has 0 bridgehead atoms. The van der Waals surface area contributed by atoms with Crippen LogP contribution in [0.1, 0.15) is 49.5 Å². The zero-order valence-corrected chi connectivity index (χ0v) is 24.1. The maximum absolute atomic E-state index is 13.4. The molecule has 1 saturated carbocycles. The lowest BCUT2D eigenvalue weighted by atomic mass is 9.80. The zero-order valence-electron chi connectivity index (χ0n) is 24.1. The van der Waals surface area contributed by atoms with Gasteiger partial charge in [0.25, 0.3) is 5.91 Å². The van der Waals surface area contributed by atoms with Crippen LogP contribution in [0.2, 0.25) is 0 Å². The van der Waals surface area contributed by atoms with Gasteiger partial charge in [-0.1, -0.05) is 0 Å². The number of alkyl halides is 3. The highest BCUT2D eigenvalue weighted by atomic mass is 19.4. The van der Waals surface area contributed by atoms with Crippen molar-refractivity contribution in [3.05, 3.63) is 30.0 Å². The van der Waals surface area contributed by atoms with Crippen LogP contribution >= 0.6 is 0 Å². The van der Waals surface area contributed by atoms with Crippen molar-refractivity contribution in [1.29, 1.82) is 0 Å². The van der Waals surface area contributed by atoms with E-state index in [1.54, 1.807) is 6.92 Å². The number of rotatable bonds is 11. The van der Waals surface area contributed by atoms with Crippen molar-refractivity contribution in [3.8, 4) is 11.5 Å². The predicted octanol–water partition coefficient (Wildman–Crippen LogP) is 2.78. The molecule has 2 aliphatic rings. The Kier molecular flexibility index (Phi) is 9.87. The molecule has 2 fully saturated rings. The standard InChI is InChI=1S/C28H31F3N4O10/c1-2-43-26(42)35-12-10-34(11-13-35)24(39)18(6-7-22(36)37)33-23(38)20-15-21(45-27(25(40)41)8-3-9-27)17-5-4-16(14-19(17)32-20)44-28(29,30)31/h4-5,14-15,18H,2-3,6-13H2,1H3,(H,33,38)(H,36,37)(H,40,41). The summed E-state index contributed by atoms with van der Waals surface area (Å²) in [5, 5.41) is 21.6. The van der Waals surface area contributed by atoms with Gasteiger partial charge in [-0.05, 0) is 44.7 Å². The number of nitrogens with one attached hydrogen (secondary N) is 1. The van der Waals surface area contributed by atoms with Crippen LogP contribution in [-0.2, 0) is 19.1 Å². The Morgan fingerprint density at radius 2 is 1.71 bits per heavy atom. The molecule has 1 aromatic heterocycles. The van der Waals surface area contributed by atoms with Gasteiger partial charge in [0.2, 0.25) is 11.5 Å². The molecule has 1 unspecified atom stereocenters. The Bertz CT molecular complexity index is 1470. The maximum Gasteiger partial charge on any atom is 0.573 e. The predicted molar refractivity (Wildman–Crippen MR) is 147 cm³/mol. The lowest BCUT2D eigenvalue weighted by Gasteiger charge is -2.38. The number of carboxylic acid groups (broad SMARTS) is 2. The second-order valence-corrected chi connectivity index (χ2v) is 10.5. The van der Waals surface area contributed by atoms with Crippen LogP contribution in [0, 0.1) is 0 Å². The largest absolute Gasteiger partial charge is 0.573 e. The summed E-state index contributed by atoms with van der Waals surface area (Å²) >= 11 is 0. The number of fused-ring (bicyclic) bond motifs is 1. The van der Waals surface area contributed by atoms with Gasteiger partial charge in [-0.3, -0.25) is 14.4 Å². The van der Waals surface area contributed by atoms with Crippen LogP contribution in [0.3, 0.4) is 0 Å². The Labute approximate surface area is 254 Å². The molecule has 1 saturated heterocycles. The van der Waals surface area contributed by atoms with Gasteiger partial charge in [-0.25, -0.2) is 14.6 Å². The molecule has 3 N–H and O–H groups in total. The number of hydrogen-bond acceptors (Lipinski definition) is 9. The monoisotopic (exact) mass is 640 g/mol. The van der Waals surface area contributed by atoms with E-state index in [-0.39, 0.29) is 68.7 Å². The molecular weight excluding hydrogens is 609 g/mol. The number of nitrogens with zero attached hydrogens (tertiary/aromatic N) is 3. The molecule has 0 spiro atoms. The number of aromatic nitrogens is 1. The Balaban J connectivity index is 1.62. The normalized spacial score (nSPS) is 16.7. The van der Waals surface area contributed by atoms with Crippen LogP contribution in [0.15, 0.2) is 24.3 Å². The highest BCUT2D eigenvalue weighted by Gasteiger charge is 2.47. The summed E-state index contributed by atoms with van der Waals surface area (Å²) in [6, 6.07) is 2.84. The van der Waals surface area contributed by atoms with E-state index in [1.165, 1.54) is 15.9 Å². The van der Waals surface area contributed by atoms with Crippen LogP contribution in [0.25, 0.3) is 10.9 Å². The molecule has 1 aromatic carbocycles. The number of carboxylic acids is 2. The molecule has 14 nitrogen and oxygen atoms in total. The fourth-order valence-corrected chi connectivity index (χ4v) is 4.94. The number of halogens is 3. The van der Waals surface area contributed by atoms with Gasteiger partial charge in [-0.15, -0.1) is 13.2 Å². The number of aliphatic carboxylic acids is 2. The minimum absolute atomic E-state index is 0.0859. The number of ether oxygens (including phenoxy) is 3. The van der Waals surface area contributed by atoms with Crippen LogP contribution < -0.4 is 14.8 Å². The minimum Gasteiger partial charge on any atom is -0.481 e. The van der Waals surface area contributed by atoms with Crippen LogP contribution in [0.5, 0.6) is 11.5 Å². The first kappa shape index (κ1) is 33.1. The third-order valence-corrected chi connectivity index (χ3v) is 7.43. The number of pyridine rings is 1. The number of piperazine rings is 1. The SMILES string of the molecule is CCOC(=O)N1CCN(C(=O)C(CCC(=O)O)NC(=O)c2cc(OC3(C(=O)O)CCC3)c3ccc(OC(F)(F)F)cc3n2)CC1. The Morgan fingerprint density at radius 1 is 1.04 bits per heavy atom. The van der Waals surface area contributed by atoms with E-state index < -0.39 is 65.7 Å². The first-order chi connectivity index (χ1) is 21.2. The molecule has 3 amide bonds. The van der Waals surface area contributed by atoms with Crippen molar-refractivity contribution in [3.63, 3.8) is 0 Å². The molecule has 45 heavy (non-hydrogen) atoms. The average Bonchev–Trinajstić information content (AvgIpc) is 2.95. The fourth-order valence-electron chi connectivity index (χ4n) is 4.94. The van der Waals surface area contributed by atoms with Gasteiger partial charge in [0.1, 0.15) is 23.2 Å². The Hall–Kier alpha value is -4.83. The van der Waals surface area contributed by atoms with Gasteiger partial charge in [-0.2, -0.15) is 0 Å². The van der Waals surface area contributed by atoms with E-state index in [1.807, 2.05) is 0 Å². The van der Waals surface area contributed by atoms with Gasteiger partial charge in [0, 0.05) is 50.1 Å². The molecule has 4 rings (SSSR count). The van der Waals surface area contributed by atoms with E-state index in [2.05, 4.69) is 15.0 Å². The molecule has 17 heteroatoms. The van der Waals surface area contributed by atoms with Crippen molar-refractivity contribution in [2.24, 2.45) is 0 Å². The summed E-state index contributed by atoms with van der Waals surface area (Å²) in [7, 11) is 0. The summed E-state index contributed by atoms with van der Waals surface area (Å²) < 4.78 is 53.4. The quantitative estimate of drug-likeness (QED) is 0.328. The minimum atomic E-state index is -5.03. The zero-order chi connectivity index (χ0) is 32.9.